The SMILES string of the molecule is CCNC(=O)C1CCC(=NOc2nc3oc(=O)cc(CC)c3c(=O)[nH]2)CC1. The van der Waals surface area contributed by atoms with E-state index in [9.17, 15) is 14.4 Å². The molecule has 1 fully saturated rings. The largest absolute Gasteiger partial charge is 0.403 e. The summed E-state index contributed by atoms with van der Waals surface area (Å²) in [5, 5.41) is 7.10. The summed E-state index contributed by atoms with van der Waals surface area (Å²) in [5.74, 6) is 0.0593. The maximum atomic E-state index is 12.3. The molecule has 0 aromatic carbocycles. The molecule has 0 spiro atoms. The molecule has 144 valence electrons. The monoisotopic (exact) mass is 374 g/mol. The van der Waals surface area contributed by atoms with Gasteiger partial charge in [-0.15, -0.1) is 0 Å². The van der Waals surface area contributed by atoms with Crippen molar-refractivity contribution in [1.29, 1.82) is 0 Å². The number of amides is 1. The quantitative estimate of drug-likeness (QED) is 0.764. The molecule has 9 heteroatoms. The van der Waals surface area contributed by atoms with Gasteiger partial charge >= 0.3 is 11.6 Å². The highest BCUT2D eigenvalue weighted by atomic mass is 16.6. The van der Waals surface area contributed by atoms with Crippen molar-refractivity contribution in [3.05, 3.63) is 32.4 Å². The molecule has 0 bridgehead atoms. The number of H-pyrrole nitrogens is 1. The maximum Gasteiger partial charge on any atom is 0.337 e. The van der Waals surface area contributed by atoms with Gasteiger partial charge in [0.25, 0.3) is 5.56 Å². The van der Waals surface area contributed by atoms with Crippen molar-refractivity contribution in [3.63, 3.8) is 0 Å². The lowest BCUT2D eigenvalue weighted by Gasteiger charge is -2.21. The first-order chi connectivity index (χ1) is 13.0. The number of rotatable bonds is 5. The summed E-state index contributed by atoms with van der Waals surface area (Å²) in [6.07, 6.45) is 3.17. The minimum Gasteiger partial charge on any atom is -0.403 e. The second kappa shape index (κ2) is 8.15. The summed E-state index contributed by atoms with van der Waals surface area (Å²) in [5.41, 5.74) is 0.269. The molecule has 0 atom stereocenters. The van der Waals surface area contributed by atoms with E-state index in [-0.39, 0.29) is 28.9 Å². The van der Waals surface area contributed by atoms with Crippen molar-refractivity contribution in [3.8, 4) is 6.01 Å². The van der Waals surface area contributed by atoms with Gasteiger partial charge in [0.15, 0.2) is 0 Å². The van der Waals surface area contributed by atoms with E-state index in [1.54, 1.807) is 0 Å². The summed E-state index contributed by atoms with van der Waals surface area (Å²) in [6, 6.07) is 1.15. The molecule has 0 radical (unpaired) electrons. The molecule has 1 aliphatic rings. The third-order valence-corrected chi connectivity index (χ3v) is 4.60. The van der Waals surface area contributed by atoms with Crippen LogP contribution >= 0.6 is 0 Å². The molecule has 2 heterocycles. The van der Waals surface area contributed by atoms with Gasteiger partial charge in [-0.3, -0.25) is 14.6 Å². The van der Waals surface area contributed by atoms with E-state index in [0.29, 0.717) is 44.2 Å². The number of hydrogen-bond donors (Lipinski definition) is 2. The van der Waals surface area contributed by atoms with E-state index < -0.39 is 11.2 Å². The van der Waals surface area contributed by atoms with Gasteiger partial charge in [-0.1, -0.05) is 12.1 Å². The minimum absolute atomic E-state index is 0.00996. The number of carbonyl (C=O) groups is 1. The predicted octanol–water partition coefficient (Wildman–Crippen LogP) is 1.50. The van der Waals surface area contributed by atoms with Crippen LogP contribution in [0.25, 0.3) is 11.1 Å². The normalized spacial score (nSPS) is 17.0. The third kappa shape index (κ3) is 4.24. The molecule has 2 aromatic heterocycles. The lowest BCUT2D eigenvalue weighted by atomic mass is 9.87. The van der Waals surface area contributed by atoms with E-state index in [1.807, 2.05) is 13.8 Å². The molecule has 27 heavy (non-hydrogen) atoms. The van der Waals surface area contributed by atoms with Crippen molar-refractivity contribution in [1.82, 2.24) is 15.3 Å². The fourth-order valence-corrected chi connectivity index (χ4v) is 3.18. The summed E-state index contributed by atoms with van der Waals surface area (Å²) in [4.78, 5) is 47.5. The van der Waals surface area contributed by atoms with Crippen LogP contribution < -0.4 is 21.3 Å². The van der Waals surface area contributed by atoms with Crippen LogP contribution in [0.15, 0.2) is 25.2 Å². The first kappa shape index (κ1) is 18.8. The highest BCUT2D eigenvalue weighted by molar-refractivity contribution is 5.87. The minimum atomic E-state index is -0.571. The first-order valence-corrected chi connectivity index (χ1v) is 9.09. The maximum absolute atomic E-state index is 12.3. The summed E-state index contributed by atoms with van der Waals surface area (Å²) >= 11 is 0. The number of nitrogens with zero attached hydrogens (tertiary/aromatic N) is 2. The van der Waals surface area contributed by atoms with E-state index in [0.717, 1.165) is 5.71 Å². The molecule has 2 aromatic rings. The van der Waals surface area contributed by atoms with Gasteiger partial charge in [-0.05, 0) is 44.6 Å². The molecular formula is C18H22N4O5. The van der Waals surface area contributed by atoms with E-state index in [2.05, 4.69) is 20.4 Å². The summed E-state index contributed by atoms with van der Waals surface area (Å²) in [6.45, 7) is 4.35. The molecule has 1 saturated carbocycles. The van der Waals surface area contributed by atoms with Gasteiger partial charge in [0.2, 0.25) is 11.6 Å². The molecule has 2 N–H and O–H groups in total. The standard InChI is InChI=1S/C18H22N4O5/c1-3-10-9-13(23)26-17-14(10)16(25)20-18(21-17)27-22-12-7-5-11(6-8-12)15(24)19-4-2/h9,11H,3-8H2,1-2H3,(H,19,24)(H,20,21,25). The number of nitrogens with one attached hydrogen (secondary N) is 2. The molecule has 3 rings (SSSR count). The Morgan fingerprint density at radius 2 is 2.11 bits per heavy atom. The zero-order valence-electron chi connectivity index (χ0n) is 15.3. The van der Waals surface area contributed by atoms with E-state index >= 15 is 0 Å². The lowest BCUT2D eigenvalue weighted by Crippen LogP contribution is -2.33. The van der Waals surface area contributed by atoms with Gasteiger partial charge < -0.3 is 14.6 Å². The highest BCUT2D eigenvalue weighted by Gasteiger charge is 2.24. The molecule has 1 aliphatic carbocycles. The Kier molecular flexibility index (Phi) is 5.68. The Labute approximate surface area is 154 Å². The zero-order chi connectivity index (χ0) is 19.4. The Hall–Kier alpha value is -2.97. The Morgan fingerprint density at radius 1 is 1.37 bits per heavy atom. The number of hydrogen-bond acceptors (Lipinski definition) is 7. The number of aryl methyl sites for hydroxylation is 1. The second-order valence-corrected chi connectivity index (χ2v) is 6.41. The topological polar surface area (TPSA) is 127 Å². The second-order valence-electron chi connectivity index (χ2n) is 6.41. The molecule has 0 aliphatic heterocycles. The van der Waals surface area contributed by atoms with Crippen LogP contribution in [0.1, 0.15) is 45.1 Å². The Morgan fingerprint density at radius 3 is 2.78 bits per heavy atom. The third-order valence-electron chi connectivity index (χ3n) is 4.60. The van der Waals surface area contributed by atoms with E-state index in [4.69, 9.17) is 9.25 Å². The van der Waals surface area contributed by atoms with Crippen LogP contribution in [0, 0.1) is 5.92 Å². The van der Waals surface area contributed by atoms with Crippen LogP contribution in [-0.2, 0) is 11.2 Å². The van der Waals surface area contributed by atoms with Crippen molar-refractivity contribution < 1.29 is 14.0 Å². The number of aromatic nitrogens is 2. The molecule has 1 amide bonds. The molecular weight excluding hydrogens is 352 g/mol. The van der Waals surface area contributed by atoms with Crippen molar-refractivity contribution in [2.24, 2.45) is 11.1 Å². The van der Waals surface area contributed by atoms with Crippen LogP contribution in [0.4, 0.5) is 0 Å². The smallest absolute Gasteiger partial charge is 0.337 e. The van der Waals surface area contributed by atoms with Gasteiger partial charge in [-0.25, -0.2) is 4.79 Å². The van der Waals surface area contributed by atoms with Gasteiger partial charge in [0.1, 0.15) is 5.39 Å². The Bertz CT molecular complexity index is 981. The van der Waals surface area contributed by atoms with Crippen LogP contribution in [0.3, 0.4) is 0 Å². The number of oxime groups is 1. The fraction of sp³-hybridized carbons (Fsp3) is 0.500. The fourth-order valence-electron chi connectivity index (χ4n) is 3.18. The zero-order valence-corrected chi connectivity index (χ0v) is 15.3. The molecule has 0 unspecified atom stereocenters. The van der Waals surface area contributed by atoms with Gasteiger partial charge in [-0.2, -0.15) is 4.98 Å². The molecule has 9 nitrogen and oxygen atoms in total. The summed E-state index contributed by atoms with van der Waals surface area (Å²) in [7, 11) is 0. The average Bonchev–Trinajstić information content (AvgIpc) is 2.66. The van der Waals surface area contributed by atoms with Gasteiger partial charge in [0, 0.05) is 18.5 Å². The molecule has 0 saturated heterocycles. The Balaban J connectivity index is 1.74. The predicted molar refractivity (Wildman–Crippen MR) is 99.0 cm³/mol. The lowest BCUT2D eigenvalue weighted by molar-refractivity contribution is -0.125. The average molecular weight is 374 g/mol. The number of fused-ring (bicyclic) bond motifs is 1. The van der Waals surface area contributed by atoms with Crippen molar-refractivity contribution >= 4 is 22.7 Å². The van der Waals surface area contributed by atoms with Crippen LogP contribution in [0.2, 0.25) is 0 Å². The van der Waals surface area contributed by atoms with Crippen LogP contribution in [0.5, 0.6) is 6.01 Å². The number of aromatic amines is 1. The van der Waals surface area contributed by atoms with Gasteiger partial charge in [0.05, 0.1) is 5.71 Å². The highest BCUT2D eigenvalue weighted by Crippen LogP contribution is 2.23. The van der Waals surface area contributed by atoms with E-state index in [1.165, 1.54) is 6.07 Å². The number of carbonyl (C=O) groups excluding carboxylic acids is 1. The van der Waals surface area contributed by atoms with Crippen molar-refractivity contribution in [2.75, 3.05) is 6.54 Å². The van der Waals surface area contributed by atoms with Crippen molar-refractivity contribution in [2.45, 2.75) is 46.0 Å². The summed E-state index contributed by atoms with van der Waals surface area (Å²) < 4.78 is 5.02. The van der Waals surface area contributed by atoms with Crippen LogP contribution in [-0.4, -0.2) is 28.1 Å². The first-order valence-electron chi connectivity index (χ1n) is 9.09.